The Bertz CT molecular complexity index is 2830. The molecule has 281 valence electrons. The van der Waals surface area contributed by atoms with Gasteiger partial charge in [0.2, 0.25) is 0 Å². The van der Waals surface area contributed by atoms with Crippen molar-refractivity contribution >= 4 is 46.2 Å². The second kappa shape index (κ2) is 15.6. The van der Waals surface area contributed by atoms with E-state index in [9.17, 15) is 0 Å². The minimum atomic E-state index is -2.08. The molecular formula is C50H45IrN3OSi-2. The number of aryl methyl sites for hydroxylation is 1. The molecule has 9 aromatic rings. The van der Waals surface area contributed by atoms with Gasteiger partial charge in [0.25, 0.3) is 0 Å². The van der Waals surface area contributed by atoms with Gasteiger partial charge in [0, 0.05) is 47.1 Å². The molecule has 56 heavy (non-hydrogen) atoms. The van der Waals surface area contributed by atoms with Crippen LogP contribution in [-0.4, -0.2) is 22.6 Å². The van der Waals surface area contributed by atoms with Crippen LogP contribution in [0.25, 0.3) is 72.4 Å². The van der Waals surface area contributed by atoms with E-state index >= 15 is 0 Å². The van der Waals surface area contributed by atoms with E-state index in [4.69, 9.17) is 13.5 Å². The average Bonchev–Trinajstić information content (AvgIpc) is 3.79. The largest absolute Gasteiger partial charge is 0.501 e. The van der Waals surface area contributed by atoms with Crippen LogP contribution in [0.4, 0.5) is 0 Å². The third-order valence-electron chi connectivity index (χ3n) is 10.0. The first-order chi connectivity index (χ1) is 27.7. The van der Waals surface area contributed by atoms with Crippen LogP contribution in [0.15, 0.2) is 150 Å². The zero-order valence-corrected chi connectivity index (χ0v) is 35.8. The molecule has 0 spiro atoms. The number of para-hydroxylation sites is 3. The number of hydrogen-bond donors (Lipinski definition) is 0. The molecular weight excluding hydrogens is 879 g/mol. The van der Waals surface area contributed by atoms with Gasteiger partial charge in [0.15, 0.2) is 0 Å². The molecule has 1 radical (unpaired) electrons. The van der Waals surface area contributed by atoms with E-state index in [0.717, 1.165) is 61.3 Å². The van der Waals surface area contributed by atoms with E-state index in [-0.39, 0.29) is 25.5 Å². The van der Waals surface area contributed by atoms with Crippen LogP contribution in [-0.2, 0) is 25.5 Å². The first-order valence-electron chi connectivity index (χ1n) is 20.2. The second-order valence-electron chi connectivity index (χ2n) is 16.0. The normalized spacial score (nSPS) is 12.7. The van der Waals surface area contributed by atoms with Crippen LogP contribution >= 0.6 is 0 Å². The minimum absolute atomic E-state index is 0. The van der Waals surface area contributed by atoms with E-state index in [2.05, 4.69) is 147 Å². The third-order valence-corrected chi connectivity index (χ3v) is 12.1. The number of benzene rings is 6. The van der Waals surface area contributed by atoms with Crippen molar-refractivity contribution in [2.75, 3.05) is 0 Å². The van der Waals surface area contributed by atoms with Gasteiger partial charge in [-0.3, -0.25) is 4.98 Å². The van der Waals surface area contributed by atoms with Crippen molar-refractivity contribution in [2.45, 2.75) is 52.7 Å². The number of nitrogens with zero attached hydrogens (tertiary/aromatic N) is 3. The molecule has 9 rings (SSSR count). The summed E-state index contributed by atoms with van der Waals surface area (Å²) in [6.45, 7) is 11.5. The second-order valence-corrected chi connectivity index (χ2v) is 21.1. The standard InChI is InChI=1S/C35H27N2O.C15H18NSi.Ir/c1-35(2,3)24-20-21-30(28(22-24)23-12-5-4-6-13-23)37-31-18-9-8-17-29(31)36-34(37)27-16-11-15-26-25-14-7-10-19-32(25)38-33(26)27;1-12-5-7-13(8-6-12)15-10-9-14(11-16-15)17(2,3)4;/h4-15,17-22H,1-3H3;5-7,9-11H,1-4H3;/q2*-1;/i;1D3;. The van der Waals surface area contributed by atoms with Crippen molar-refractivity contribution in [3.8, 4) is 39.5 Å². The molecule has 4 nitrogen and oxygen atoms in total. The van der Waals surface area contributed by atoms with Gasteiger partial charge in [-0.25, -0.2) is 0 Å². The Kier molecular flexibility index (Phi) is 9.78. The van der Waals surface area contributed by atoms with Crippen molar-refractivity contribution in [1.82, 2.24) is 14.5 Å². The molecule has 0 atom stereocenters. The SMILES string of the molecule is CC(C)(C)c1ccc(-n2c(-c3[c-]ccc4c3oc3ccccc34)nc3ccccc32)c(-c2ccccc2)c1.[2H]C([2H])([2H])c1c[c-]c(-c2ccc([Si](C)(C)C)cn2)cc1.[Ir]. The van der Waals surface area contributed by atoms with E-state index in [1.54, 1.807) is 12.1 Å². The Morgan fingerprint density at radius 2 is 1.54 bits per heavy atom. The molecule has 6 aromatic carbocycles. The van der Waals surface area contributed by atoms with E-state index in [1.165, 1.54) is 27.9 Å². The van der Waals surface area contributed by atoms with Crippen LogP contribution < -0.4 is 5.19 Å². The van der Waals surface area contributed by atoms with Crippen molar-refractivity contribution < 1.29 is 28.6 Å². The predicted octanol–water partition coefficient (Wildman–Crippen LogP) is 12.8. The van der Waals surface area contributed by atoms with Gasteiger partial charge in [-0.2, -0.15) is 0 Å². The predicted molar refractivity (Wildman–Crippen MR) is 233 cm³/mol. The summed E-state index contributed by atoms with van der Waals surface area (Å²) in [4.78, 5) is 9.63. The first-order valence-corrected chi connectivity index (χ1v) is 22.2. The number of imidazole rings is 1. The maximum Gasteiger partial charge on any atom is 0.120 e. The third kappa shape index (κ3) is 7.70. The number of fused-ring (bicyclic) bond motifs is 4. The van der Waals surface area contributed by atoms with Crippen molar-refractivity contribution in [2.24, 2.45) is 0 Å². The maximum atomic E-state index is 7.35. The zero-order valence-electron chi connectivity index (χ0n) is 35.4. The van der Waals surface area contributed by atoms with Crippen LogP contribution in [0.2, 0.25) is 19.6 Å². The van der Waals surface area contributed by atoms with Gasteiger partial charge in [-0.05, 0) is 57.8 Å². The summed E-state index contributed by atoms with van der Waals surface area (Å²) in [6, 6.07) is 53.4. The molecule has 6 heteroatoms. The van der Waals surface area contributed by atoms with Crippen LogP contribution in [0, 0.1) is 19.0 Å². The molecule has 0 fully saturated rings. The van der Waals surface area contributed by atoms with E-state index in [0.29, 0.717) is 5.56 Å². The fraction of sp³-hybridized carbons (Fsp3) is 0.160. The van der Waals surface area contributed by atoms with Crippen LogP contribution in [0.3, 0.4) is 0 Å². The van der Waals surface area contributed by atoms with Crippen molar-refractivity contribution in [3.63, 3.8) is 0 Å². The molecule has 0 aliphatic carbocycles. The van der Waals surface area contributed by atoms with Gasteiger partial charge in [0.05, 0.1) is 30.5 Å². The first kappa shape index (κ1) is 35.1. The quantitative estimate of drug-likeness (QED) is 0.128. The Morgan fingerprint density at radius 3 is 2.25 bits per heavy atom. The number of rotatable bonds is 5. The fourth-order valence-corrected chi connectivity index (χ4v) is 7.96. The van der Waals surface area contributed by atoms with Gasteiger partial charge in [-0.15, -0.1) is 53.6 Å². The minimum Gasteiger partial charge on any atom is -0.501 e. The Balaban J connectivity index is 0.000000214. The monoisotopic (exact) mass is 927 g/mol. The molecule has 0 saturated carbocycles. The fourth-order valence-electron chi connectivity index (χ4n) is 6.92. The molecule has 0 aliphatic heterocycles. The summed E-state index contributed by atoms with van der Waals surface area (Å²) in [5.41, 5.74) is 11.2. The van der Waals surface area contributed by atoms with Gasteiger partial charge in [-0.1, -0.05) is 137 Å². The van der Waals surface area contributed by atoms with E-state index in [1.807, 2.05) is 42.6 Å². The van der Waals surface area contributed by atoms with Crippen molar-refractivity contribution in [1.29, 1.82) is 0 Å². The van der Waals surface area contributed by atoms with E-state index < -0.39 is 14.9 Å². The van der Waals surface area contributed by atoms with Crippen LogP contribution in [0.1, 0.15) is 36.0 Å². The Morgan fingerprint density at radius 1 is 0.768 bits per heavy atom. The maximum absolute atomic E-state index is 7.35. The molecule has 3 aromatic heterocycles. The van der Waals surface area contributed by atoms with Gasteiger partial charge in [0.1, 0.15) is 5.58 Å². The zero-order chi connectivity index (χ0) is 40.8. The summed E-state index contributed by atoms with van der Waals surface area (Å²) in [7, 11) is -1.34. The molecule has 3 heterocycles. The Labute approximate surface area is 348 Å². The van der Waals surface area contributed by atoms with Gasteiger partial charge >= 0.3 is 0 Å². The van der Waals surface area contributed by atoms with Crippen molar-refractivity contribution in [3.05, 3.63) is 169 Å². The summed E-state index contributed by atoms with van der Waals surface area (Å²) in [6.07, 6.45) is 1.92. The molecule has 0 bridgehead atoms. The number of furan rings is 1. The van der Waals surface area contributed by atoms with Gasteiger partial charge < -0.3 is 14.0 Å². The summed E-state index contributed by atoms with van der Waals surface area (Å²) in [5.74, 6) is 0.816. The topological polar surface area (TPSA) is 43.9 Å². The number of hydrogen-bond acceptors (Lipinski definition) is 3. The summed E-state index contributed by atoms with van der Waals surface area (Å²) < 4.78 is 30.7. The van der Waals surface area contributed by atoms with Crippen LogP contribution in [0.5, 0.6) is 0 Å². The molecule has 0 aliphatic rings. The summed E-state index contributed by atoms with van der Waals surface area (Å²) in [5, 5.41) is 3.47. The average molecular weight is 927 g/mol. The number of aromatic nitrogens is 3. The Hall–Kier alpha value is -5.39. The summed E-state index contributed by atoms with van der Waals surface area (Å²) >= 11 is 0. The molecule has 0 amide bonds. The molecule has 0 saturated heterocycles. The molecule has 0 N–H and O–H groups in total. The smallest absolute Gasteiger partial charge is 0.120 e. The number of pyridine rings is 1. The molecule has 0 unspecified atom stereocenters.